The van der Waals surface area contributed by atoms with Gasteiger partial charge >= 0.3 is 11.2 Å². The minimum atomic E-state index is -0.133. The van der Waals surface area contributed by atoms with Crippen LogP contribution in [0.5, 0.6) is 0 Å². The highest BCUT2D eigenvalue weighted by atomic mass is 16.3. The molecule has 0 saturated carbocycles. The summed E-state index contributed by atoms with van der Waals surface area (Å²) in [6, 6.07) is 24.5. The first-order valence-corrected chi connectivity index (χ1v) is 15.3. The van der Waals surface area contributed by atoms with Gasteiger partial charge in [0.25, 0.3) is 5.91 Å². The molecule has 0 aliphatic heterocycles. The summed E-state index contributed by atoms with van der Waals surface area (Å²) in [4.78, 5) is 20.3. The second-order valence-electron chi connectivity index (χ2n) is 11.2. The maximum atomic E-state index is 13.7. The molecule has 1 heterocycles. The number of rotatable bonds is 11. The number of carbonyl (C=O) groups excluding carboxylic acids is 1. The number of nitrogens with zero attached hydrogens (tertiary/aromatic N) is 2. The van der Waals surface area contributed by atoms with Crippen molar-refractivity contribution in [2.75, 3.05) is 55.8 Å². The standard InChI is InChI=1S/C37H41N5O2/c1-7-39-32-21-30-34(19-24(32)3)44-35-20-25(4)33(40-8-2)22-31(35)36(30)28-11-9-10-12-29(28)37(43)41-18-17-38-23-26-13-15-27(16-14-26)42(5)6/h9-16,19-23H,7-8,17-18H2,1-6H3,(H2-,39,40,41,43)/p+1. The molecular formula is C37H42N5O2+. The first-order valence-electron chi connectivity index (χ1n) is 15.3. The zero-order valence-corrected chi connectivity index (χ0v) is 26.5. The fourth-order valence-electron chi connectivity index (χ4n) is 5.49. The molecule has 1 amide bonds. The largest absolute Gasteiger partial charge is 0.385 e. The highest BCUT2D eigenvalue weighted by molar-refractivity contribution is 6.14. The Hall–Kier alpha value is -4.91. The lowest BCUT2D eigenvalue weighted by Crippen LogP contribution is -2.26. The molecular weight excluding hydrogens is 546 g/mol. The molecule has 7 heteroatoms. The predicted octanol–water partition coefficient (Wildman–Crippen LogP) is 7.93. The second-order valence-corrected chi connectivity index (χ2v) is 11.2. The third-order valence-electron chi connectivity index (χ3n) is 7.76. The first-order chi connectivity index (χ1) is 21.3. The van der Waals surface area contributed by atoms with E-state index in [-0.39, 0.29) is 5.91 Å². The van der Waals surface area contributed by atoms with Crippen LogP contribution in [-0.2, 0) is 0 Å². The third kappa shape index (κ3) is 6.52. The number of fused-ring (bicyclic) bond motifs is 2. The van der Waals surface area contributed by atoms with Crippen molar-refractivity contribution in [2.24, 2.45) is 4.99 Å². The summed E-state index contributed by atoms with van der Waals surface area (Å²) in [6.45, 7) is 10.9. The summed E-state index contributed by atoms with van der Waals surface area (Å²) in [5, 5.41) is 12.0. The van der Waals surface area contributed by atoms with Crippen molar-refractivity contribution < 1.29 is 9.21 Å². The molecule has 0 aliphatic carbocycles. The van der Waals surface area contributed by atoms with Crippen LogP contribution in [0, 0.1) is 13.8 Å². The van der Waals surface area contributed by atoms with Crippen molar-refractivity contribution in [3.63, 3.8) is 0 Å². The van der Waals surface area contributed by atoms with Crippen molar-refractivity contribution >= 4 is 51.1 Å². The number of nitrogens with one attached hydrogen (secondary N) is 3. The van der Waals surface area contributed by atoms with Crippen molar-refractivity contribution in [3.8, 4) is 11.1 Å². The van der Waals surface area contributed by atoms with Crippen molar-refractivity contribution in [3.05, 3.63) is 95.1 Å². The number of aliphatic imine (C=N–C) groups is 1. The highest BCUT2D eigenvalue weighted by Gasteiger charge is 2.25. The number of aryl methyl sites for hydroxylation is 2. The molecule has 226 valence electrons. The Morgan fingerprint density at radius 2 is 1.43 bits per heavy atom. The fraction of sp³-hybridized carbons (Fsp3) is 0.270. The molecule has 0 atom stereocenters. The van der Waals surface area contributed by atoms with Crippen LogP contribution in [0.3, 0.4) is 0 Å². The number of amides is 1. The van der Waals surface area contributed by atoms with Crippen LogP contribution in [0.4, 0.5) is 17.1 Å². The van der Waals surface area contributed by atoms with Crippen LogP contribution in [-0.4, -0.2) is 52.4 Å². The molecule has 1 aromatic heterocycles. The van der Waals surface area contributed by atoms with Crippen LogP contribution in [0.2, 0.25) is 0 Å². The average Bonchev–Trinajstić information content (AvgIpc) is 3.01. The van der Waals surface area contributed by atoms with Gasteiger partial charge in [-0.05, 0) is 80.3 Å². The third-order valence-corrected chi connectivity index (χ3v) is 7.76. The Kier molecular flexibility index (Phi) is 9.44. The number of benzene rings is 4. The normalized spacial score (nSPS) is 11.3. The van der Waals surface area contributed by atoms with Crippen molar-refractivity contribution in [2.45, 2.75) is 27.7 Å². The van der Waals surface area contributed by atoms with Crippen LogP contribution < -0.4 is 20.9 Å². The zero-order chi connectivity index (χ0) is 31.2. The Balaban J connectivity index is 1.51. The summed E-state index contributed by atoms with van der Waals surface area (Å²) in [6.07, 6.45) is 1.85. The zero-order valence-electron chi connectivity index (χ0n) is 26.5. The van der Waals surface area contributed by atoms with Gasteiger partial charge in [-0.2, -0.15) is 0 Å². The van der Waals surface area contributed by atoms with Gasteiger partial charge in [0.2, 0.25) is 0 Å². The lowest BCUT2D eigenvalue weighted by atomic mass is 9.91. The molecule has 0 fully saturated rings. The fourth-order valence-corrected chi connectivity index (χ4v) is 5.49. The summed E-state index contributed by atoms with van der Waals surface area (Å²) in [5.41, 5.74) is 10.5. The van der Waals surface area contributed by atoms with E-state index in [4.69, 9.17) is 4.42 Å². The van der Waals surface area contributed by atoms with E-state index in [0.717, 1.165) is 79.9 Å². The van der Waals surface area contributed by atoms with Crippen LogP contribution >= 0.6 is 0 Å². The van der Waals surface area contributed by atoms with E-state index in [1.54, 1.807) is 0 Å². The minimum Gasteiger partial charge on any atom is -0.385 e. The first kappa shape index (κ1) is 30.5. The van der Waals surface area contributed by atoms with E-state index < -0.39 is 0 Å². The molecule has 0 saturated heterocycles. The predicted molar refractivity (Wildman–Crippen MR) is 187 cm³/mol. The van der Waals surface area contributed by atoms with E-state index in [9.17, 15) is 4.79 Å². The molecule has 5 aromatic rings. The smallest absolute Gasteiger partial charge is 0.361 e. The molecule has 44 heavy (non-hydrogen) atoms. The molecule has 4 aromatic carbocycles. The quantitative estimate of drug-likeness (QED) is 0.0632. The lowest BCUT2D eigenvalue weighted by molar-refractivity contribution is 0.0955. The van der Waals surface area contributed by atoms with Crippen molar-refractivity contribution in [1.29, 1.82) is 0 Å². The highest BCUT2D eigenvalue weighted by Crippen LogP contribution is 2.41. The molecule has 3 N–H and O–H groups in total. The molecule has 7 nitrogen and oxygen atoms in total. The topological polar surface area (TPSA) is 80.1 Å². The van der Waals surface area contributed by atoms with Gasteiger partial charge < -0.3 is 20.9 Å². The molecule has 5 rings (SSSR count). The van der Waals surface area contributed by atoms with Crippen molar-refractivity contribution in [1.82, 2.24) is 5.32 Å². The Morgan fingerprint density at radius 1 is 0.841 bits per heavy atom. The second kappa shape index (κ2) is 13.6. The Labute approximate surface area is 260 Å². The maximum absolute atomic E-state index is 13.7. The molecule has 0 bridgehead atoms. The average molecular weight is 589 g/mol. The van der Waals surface area contributed by atoms with Crippen LogP contribution in [0.15, 0.2) is 82.2 Å². The van der Waals surface area contributed by atoms with E-state index in [2.05, 4.69) is 89.9 Å². The molecule has 0 aliphatic rings. The van der Waals surface area contributed by atoms with E-state index >= 15 is 0 Å². The van der Waals surface area contributed by atoms with E-state index in [1.165, 1.54) is 0 Å². The maximum Gasteiger partial charge on any atom is 0.361 e. The molecule has 0 unspecified atom stereocenters. The van der Waals surface area contributed by atoms with Gasteiger partial charge in [0.1, 0.15) is 0 Å². The van der Waals surface area contributed by atoms with Crippen LogP contribution in [0.1, 0.15) is 40.9 Å². The van der Waals surface area contributed by atoms with E-state index in [0.29, 0.717) is 18.7 Å². The van der Waals surface area contributed by atoms with Gasteiger partial charge in [0.05, 0.1) is 17.3 Å². The summed E-state index contributed by atoms with van der Waals surface area (Å²) < 4.78 is 6.51. The minimum absolute atomic E-state index is 0.133. The number of carbonyl (C=O) groups is 1. The summed E-state index contributed by atoms with van der Waals surface area (Å²) in [7, 11) is 4.04. The van der Waals surface area contributed by atoms with Crippen LogP contribution in [0.25, 0.3) is 33.1 Å². The summed E-state index contributed by atoms with van der Waals surface area (Å²) in [5.74, 6) is -0.133. The van der Waals surface area contributed by atoms with E-state index in [1.807, 2.05) is 56.7 Å². The number of anilines is 3. The molecule has 0 radical (unpaired) electrons. The number of hydrogen-bond acceptors (Lipinski definition) is 5. The molecule has 0 spiro atoms. The van der Waals surface area contributed by atoms with Gasteiger partial charge in [-0.1, -0.05) is 30.3 Å². The lowest BCUT2D eigenvalue weighted by Gasteiger charge is -2.15. The van der Waals surface area contributed by atoms with Gasteiger partial charge in [-0.25, -0.2) is 4.42 Å². The number of hydrogen-bond donors (Lipinski definition) is 3. The summed E-state index contributed by atoms with van der Waals surface area (Å²) >= 11 is 0. The Bertz CT molecular complexity index is 1760. The Morgan fingerprint density at radius 3 is 2.00 bits per heavy atom. The van der Waals surface area contributed by atoms with Gasteiger partial charge in [-0.3, -0.25) is 9.79 Å². The SMILES string of the molecule is CCNc1cc2c(-c3ccccc3C(=O)NCCN=Cc3ccc(N(C)C)cc3)c3cc(NCC)c(C)cc3[o+]c2cc1C. The van der Waals surface area contributed by atoms with Gasteiger partial charge in [-0.15, -0.1) is 0 Å². The monoisotopic (exact) mass is 588 g/mol. The van der Waals surface area contributed by atoms with Gasteiger partial charge in [0.15, 0.2) is 0 Å². The van der Waals surface area contributed by atoms with Gasteiger partial charge in [0, 0.05) is 80.3 Å².